The Morgan fingerprint density at radius 1 is 1.10 bits per heavy atom. The predicted octanol–water partition coefficient (Wildman–Crippen LogP) is 7.29. The smallest absolute Gasteiger partial charge is 0.271 e. The summed E-state index contributed by atoms with van der Waals surface area (Å²) in [5, 5.41) is 24.4. The van der Waals surface area contributed by atoms with Crippen LogP contribution in [0.2, 0.25) is 5.02 Å². The van der Waals surface area contributed by atoms with Crippen molar-refractivity contribution in [3.63, 3.8) is 0 Å². The lowest BCUT2D eigenvalue weighted by molar-refractivity contribution is -0.384. The Labute approximate surface area is 234 Å². The number of nitro groups is 1. The lowest BCUT2D eigenvalue weighted by Gasteiger charge is -2.16. The fourth-order valence-electron chi connectivity index (χ4n) is 3.80. The van der Waals surface area contributed by atoms with Crippen molar-refractivity contribution in [2.24, 2.45) is 0 Å². The Morgan fingerprint density at radius 3 is 2.38 bits per heavy atom. The standard InChI is InChI=1S/C29H23ClN4O4S/c1-17-4-11-22(34(36)37)14-26(17)32-28(35)18(2)39-29-25(16-31)24(19-5-9-21(30)10-6-19)15-27(33-29)20-7-12-23(38-3)13-8-20/h4-15,18H,1-3H3,(H,32,35). The van der Waals surface area contributed by atoms with E-state index in [9.17, 15) is 20.2 Å². The molecule has 39 heavy (non-hydrogen) atoms. The van der Waals surface area contributed by atoms with E-state index in [1.165, 1.54) is 12.1 Å². The van der Waals surface area contributed by atoms with E-state index < -0.39 is 10.2 Å². The molecule has 1 amide bonds. The minimum absolute atomic E-state index is 0.121. The Bertz CT molecular complexity index is 1590. The van der Waals surface area contributed by atoms with Crippen LogP contribution >= 0.6 is 23.4 Å². The van der Waals surface area contributed by atoms with E-state index in [1.807, 2.05) is 42.5 Å². The number of non-ortho nitro benzene ring substituents is 1. The number of carbonyl (C=O) groups excluding carboxylic acids is 1. The van der Waals surface area contributed by atoms with Gasteiger partial charge in [0.15, 0.2) is 0 Å². The van der Waals surface area contributed by atoms with Gasteiger partial charge in [-0.1, -0.05) is 41.6 Å². The number of nitrogens with zero attached hydrogens (tertiary/aromatic N) is 3. The van der Waals surface area contributed by atoms with E-state index in [0.29, 0.717) is 43.9 Å². The second-order valence-electron chi connectivity index (χ2n) is 8.59. The number of aryl methyl sites for hydroxylation is 1. The first-order chi connectivity index (χ1) is 18.7. The van der Waals surface area contributed by atoms with Crippen LogP contribution in [-0.2, 0) is 4.79 Å². The molecule has 8 nitrogen and oxygen atoms in total. The van der Waals surface area contributed by atoms with E-state index in [4.69, 9.17) is 21.3 Å². The lowest BCUT2D eigenvalue weighted by atomic mass is 9.99. The van der Waals surface area contributed by atoms with Crippen LogP contribution in [0.15, 0.2) is 77.8 Å². The van der Waals surface area contributed by atoms with Crippen LogP contribution in [-0.4, -0.2) is 28.2 Å². The molecule has 1 unspecified atom stereocenters. The molecule has 3 aromatic carbocycles. The van der Waals surface area contributed by atoms with Gasteiger partial charge < -0.3 is 10.1 Å². The predicted molar refractivity (Wildman–Crippen MR) is 153 cm³/mol. The van der Waals surface area contributed by atoms with Crippen LogP contribution in [0.25, 0.3) is 22.4 Å². The number of ether oxygens (including phenoxy) is 1. The summed E-state index contributed by atoms with van der Waals surface area (Å²) in [4.78, 5) is 28.6. The Kier molecular flexibility index (Phi) is 8.49. The molecule has 0 aliphatic rings. The first kappa shape index (κ1) is 27.6. The summed E-state index contributed by atoms with van der Waals surface area (Å²) in [7, 11) is 1.59. The third-order valence-corrected chi connectivity index (χ3v) is 7.32. The summed E-state index contributed by atoms with van der Waals surface area (Å²) >= 11 is 7.23. The van der Waals surface area contributed by atoms with Gasteiger partial charge in [-0.15, -0.1) is 0 Å². The molecule has 196 valence electrons. The average Bonchev–Trinajstić information content (AvgIpc) is 2.94. The Balaban J connectivity index is 1.72. The zero-order valence-electron chi connectivity index (χ0n) is 21.3. The van der Waals surface area contributed by atoms with E-state index in [-0.39, 0.29) is 11.6 Å². The number of benzene rings is 3. The Morgan fingerprint density at radius 2 is 1.77 bits per heavy atom. The van der Waals surface area contributed by atoms with Crippen LogP contribution in [0.4, 0.5) is 11.4 Å². The van der Waals surface area contributed by atoms with Gasteiger partial charge >= 0.3 is 0 Å². The molecule has 0 aliphatic carbocycles. The molecule has 4 rings (SSSR count). The van der Waals surface area contributed by atoms with Crippen molar-refractivity contribution in [3.05, 3.63) is 99.1 Å². The largest absolute Gasteiger partial charge is 0.497 e. The summed E-state index contributed by atoms with van der Waals surface area (Å²) in [5.74, 6) is 0.318. The summed E-state index contributed by atoms with van der Waals surface area (Å²) in [5.41, 5.74) is 4.10. The molecule has 0 spiro atoms. The number of hydrogen-bond acceptors (Lipinski definition) is 7. The van der Waals surface area contributed by atoms with E-state index in [0.717, 1.165) is 22.9 Å². The number of nitrogens with one attached hydrogen (secondary N) is 1. The van der Waals surface area contributed by atoms with Gasteiger partial charge in [0.2, 0.25) is 5.91 Å². The van der Waals surface area contributed by atoms with Gasteiger partial charge in [-0.3, -0.25) is 14.9 Å². The Hall–Kier alpha value is -4.39. The number of rotatable bonds is 8. The van der Waals surface area contributed by atoms with Crippen molar-refractivity contribution in [2.75, 3.05) is 12.4 Å². The van der Waals surface area contributed by atoms with Crippen LogP contribution in [0.5, 0.6) is 5.75 Å². The molecule has 1 heterocycles. The van der Waals surface area contributed by atoms with Crippen molar-refractivity contribution >= 4 is 40.6 Å². The van der Waals surface area contributed by atoms with Crippen molar-refractivity contribution < 1.29 is 14.5 Å². The SMILES string of the molecule is COc1ccc(-c2cc(-c3ccc(Cl)cc3)c(C#N)c(SC(C)C(=O)Nc3cc([N+](=O)[O-])ccc3C)n2)cc1. The first-order valence-electron chi connectivity index (χ1n) is 11.8. The van der Waals surface area contributed by atoms with Crippen LogP contribution in [0.3, 0.4) is 0 Å². The van der Waals surface area contributed by atoms with Crippen molar-refractivity contribution in [3.8, 4) is 34.2 Å². The molecule has 0 saturated carbocycles. The number of nitriles is 1. The maximum atomic E-state index is 13.1. The molecule has 1 atom stereocenters. The molecule has 0 bridgehead atoms. The third kappa shape index (κ3) is 6.37. The summed E-state index contributed by atoms with van der Waals surface area (Å²) in [6.07, 6.45) is 0. The van der Waals surface area contributed by atoms with Gasteiger partial charge in [0, 0.05) is 28.3 Å². The minimum Gasteiger partial charge on any atom is -0.497 e. The molecule has 0 fully saturated rings. The van der Waals surface area contributed by atoms with Gasteiger partial charge in [0.05, 0.1) is 34.2 Å². The molecule has 0 aliphatic heterocycles. The first-order valence-corrected chi connectivity index (χ1v) is 13.0. The number of pyridine rings is 1. The highest BCUT2D eigenvalue weighted by Gasteiger charge is 2.22. The molecule has 1 N–H and O–H groups in total. The number of amides is 1. The van der Waals surface area contributed by atoms with E-state index >= 15 is 0 Å². The van der Waals surface area contributed by atoms with Crippen LogP contribution in [0.1, 0.15) is 18.1 Å². The number of anilines is 1. The summed E-state index contributed by atoms with van der Waals surface area (Å²) in [6.45, 7) is 3.45. The molecule has 0 radical (unpaired) electrons. The molecule has 10 heteroatoms. The normalized spacial score (nSPS) is 11.4. The summed E-state index contributed by atoms with van der Waals surface area (Å²) < 4.78 is 5.26. The number of carbonyl (C=O) groups is 1. The maximum absolute atomic E-state index is 13.1. The van der Waals surface area contributed by atoms with Crippen LogP contribution < -0.4 is 10.1 Å². The molecule has 0 saturated heterocycles. The van der Waals surface area contributed by atoms with Gasteiger partial charge in [-0.05, 0) is 67.4 Å². The zero-order chi connectivity index (χ0) is 28.1. The number of nitro benzene ring substituents is 1. The number of methoxy groups -OCH3 is 1. The van der Waals surface area contributed by atoms with Gasteiger partial charge in [-0.2, -0.15) is 5.26 Å². The average molecular weight is 559 g/mol. The number of hydrogen-bond donors (Lipinski definition) is 1. The summed E-state index contributed by atoms with van der Waals surface area (Å²) in [6, 6.07) is 22.9. The van der Waals surface area contributed by atoms with E-state index in [1.54, 1.807) is 39.2 Å². The molecule has 1 aromatic heterocycles. The third-order valence-electron chi connectivity index (χ3n) is 5.99. The fourth-order valence-corrected chi connectivity index (χ4v) is 4.85. The highest BCUT2D eigenvalue weighted by Crippen LogP contribution is 2.37. The number of halogens is 1. The van der Waals surface area contributed by atoms with Gasteiger partial charge in [0.25, 0.3) is 5.69 Å². The van der Waals surface area contributed by atoms with Gasteiger partial charge in [0.1, 0.15) is 16.8 Å². The topological polar surface area (TPSA) is 118 Å². The van der Waals surface area contributed by atoms with E-state index in [2.05, 4.69) is 11.4 Å². The lowest BCUT2D eigenvalue weighted by Crippen LogP contribution is -2.23. The fraction of sp³-hybridized carbons (Fsp3) is 0.138. The zero-order valence-corrected chi connectivity index (χ0v) is 22.8. The minimum atomic E-state index is -0.674. The molecule has 4 aromatic rings. The monoisotopic (exact) mass is 558 g/mol. The molecular weight excluding hydrogens is 536 g/mol. The number of aromatic nitrogens is 1. The van der Waals surface area contributed by atoms with Crippen molar-refractivity contribution in [1.29, 1.82) is 5.26 Å². The second kappa shape index (κ2) is 12.0. The quantitative estimate of drug-likeness (QED) is 0.137. The van der Waals surface area contributed by atoms with Crippen molar-refractivity contribution in [2.45, 2.75) is 24.1 Å². The molecular formula is C29H23ClN4O4S. The second-order valence-corrected chi connectivity index (χ2v) is 10.4. The number of thioether (sulfide) groups is 1. The van der Waals surface area contributed by atoms with Crippen molar-refractivity contribution in [1.82, 2.24) is 4.98 Å². The maximum Gasteiger partial charge on any atom is 0.271 e. The highest BCUT2D eigenvalue weighted by molar-refractivity contribution is 8.00. The van der Waals surface area contributed by atoms with Gasteiger partial charge in [-0.25, -0.2) is 4.98 Å². The highest BCUT2D eigenvalue weighted by atomic mass is 35.5. The van der Waals surface area contributed by atoms with Crippen LogP contribution in [0, 0.1) is 28.4 Å².